The van der Waals surface area contributed by atoms with Crippen LogP contribution in [0.3, 0.4) is 0 Å². The molecule has 0 unspecified atom stereocenters. The number of rotatable bonds is 3. The van der Waals surface area contributed by atoms with Crippen molar-refractivity contribution in [2.45, 2.75) is 18.7 Å². The first-order valence-electron chi connectivity index (χ1n) is 5.32. The van der Waals surface area contributed by atoms with Crippen LogP contribution >= 0.6 is 0 Å². The second-order valence-electron chi connectivity index (χ2n) is 4.26. The van der Waals surface area contributed by atoms with Crippen molar-refractivity contribution in [1.29, 1.82) is 0 Å². The molecule has 0 aromatic heterocycles. The van der Waals surface area contributed by atoms with Crippen LogP contribution in [-0.4, -0.2) is 37.2 Å². The molecule has 0 spiro atoms. The van der Waals surface area contributed by atoms with Gasteiger partial charge in [-0.2, -0.15) is 0 Å². The van der Waals surface area contributed by atoms with Crippen LogP contribution in [-0.2, 0) is 16.4 Å². The SMILES string of the molecule is O=S1(=O)C[C@H](O)[C@H](NCc2cccc(F)c2)C1. The third kappa shape index (κ3) is 3.24. The third-order valence-electron chi connectivity index (χ3n) is 2.78. The highest BCUT2D eigenvalue weighted by molar-refractivity contribution is 7.91. The fourth-order valence-electron chi connectivity index (χ4n) is 1.92. The number of nitrogens with one attached hydrogen (secondary N) is 1. The van der Waals surface area contributed by atoms with Gasteiger partial charge < -0.3 is 10.4 Å². The van der Waals surface area contributed by atoms with Crippen molar-refractivity contribution in [3.63, 3.8) is 0 Å². The van der Waals surface area contributed by atoms with Gasteiger partial charge in [0.1, 0.15) is 5.82 Å². The van der Waals surface area contributed by atoms with Gasteiger partial charge in [-0.3, -0.25) is 0 Å². The predicted octanol–water partition coefficient (Wildman–Crippen LogP) is 0.0732. The molecular weight excluding hydrogens is 245 g/mol. The quantitative estimate of drug-likeness (QED) is 0.806. The Morgan fingerprint density at radius 2 is 2.18 bits per heavy atom. The molecule has 1 fully saturated rings. The van der Waals surface area contributed by atoms with Crippen molar-refractivity contribution in [2.75, 3.05) is 11.5 Å². The fourth-order valence-corrected chi connectivity index (χ4v) is 3.70. The van der Waals surface area contributed by atoms with E-state index in [0.29, 0.717) is 6.54 Å². The van der Waals surface area contributed by atoms with Gasteiger partial charge >= 0.3 is 0 Å². The average molecular weight is 259 g/mol. The number of hydrogen-bond donors (Lipinski definition) is 2. The van der Waals surface area contributed by atoms with Crippen molar-refractivity contribution in [2.24, 2.45) is 0 Å². The van der Waals surface area contributed by atoms with Gasteiger partial charge in [0.15, 0.2) is 9.84 Å². The van der Waals surface area contributed by atoms with E-state index in [1.54, 1.807) is 12.1 Å². The molecule has 94 valence electrons. The van der Waals surface area contributed by atoms with Crippen LogP contribution in [0.4, 0.5) is 4.39 Å². The van der Waals surface area contributed by atoms with Gasteiger partial charge in [0.2, 0.25) is 0 Å². The molecule has 0 amide bonds. The summed E-state index contributed by atoms with van der Waals surface area (Å²) in [4.78, 5) is 0. The minimum absolute atomic E-state index is 0.0660. The molecule has 1 heterocycles. The highest BCUT2D eigenvalue weighted by Crippen LogP contribution is 2.13. The van der Waals surface area contributed by atoms with Gasteiger partial charge in [-0.1, -0.05) is 12.1 Å². The molecule has 0 bridgehead atoms. The van der Waals surface area contributed by atoms with Crippen molar-refractivity contribution in [3.05, 3.63) is 35.6 Å². The zero-order valence-electron chi connectivity index (χ0n) is 9.14. The maximum atomic E-state index is 12.9. The maximum Gasteiger partial charge on any atom is 0.154 e. The molecule has 1 saturated heterocycles. The van der Waals surface area contributed by atoms with E-state index in [9.17, 15) is 17.9 Å². The van der Waals surface area contributed by atoms with E-state index in [4.69, 9.17) is 0 Å². The molecule has 1 aliphatic heterocycles. The number of hydrogen-bond acceptors (Lipinski definition) is 4. The molecular formula is C11H14FNO3S. The van der Waals surface area contributed by atoms with Gasteiger partial charge in [-0.05, 0) is 17.7 Å². The molecule has 0 aliphatic carbocycles. The van der Waals surface area contributed by atoms with Crippen LogP contribution < -0.4 is 5.32 Å². The summed E-state index contributed by atoms with van der Waals surface area (Å²) in [6.45, 7) is 0.342. The summed E-state index contributed by atoms with van der Waals surface area (Å²) in [7, 11) is -3.14. The Bertz CT molecular complexity index is 503. The molecule has 2 atom stereocenters. The summed E-state index contributed by atoms with van der Waals surface area (Å²) in [6, 6.07) is 5.59. The molecule has 6 heteroatoms. The van der Waals surface area contributed by atoms with Gasteiger partial charge in [-0.15, -0.1) is 0 Å². The highest BCUT2D eigenvalue weighted by Gasteiger charge is 2.35. The zero-order chi connectivity index (χ0) is 12.5. The minimum Gasteiger partial charge on any atom is -0.390 e. The second kappa shape index (κ2) is 4.72. The Kier molecular flexibility index (Phi) is 3.46. The summed E-state index contributed by atoms with van der Waals surface area (Å²) in [5.74, 6) is -0.596. The standard InChI is InChI=1S/C11H14FNO3S/c12-9-3-1-2-8(4-9)5-13-10-6-17(15,16)7-11(10)14/h1-4,10-11,13-14H,5-7H2/t10-,11+/m1/s1. The molecule has 2 N–H and O–H groups in total. The minimum atomic E-state index is -3.14. The van der Waals surface area contributed by atoms with Crippen molar-refractivity contribution >= 4 is 9.84 Å². The Morgan fingerprint density at radius 1 is 1.41 bits per heavy atom. The summed E-state index contributed by atoms with van der Waals surface area (Å²) >= 11 is 0. The third-order valence-corrected chi connectivity index (χ3v) is 4.50. The van der Waals surface area contributed by atoms with E-state index >= 15 is 0 Å². The summed E-state index contributed by atoms with van der Waals surface area (Å²) in [5.41, 5.74) is 0.724. The zero-order valence-corrected chi connectivity index (χ0v) is 9.95. The molecule has 0 saturated carbocycles. The Hall–Kier alpha value is -0.980. The average Bonchev–Trinajstić information content (AvgIpc) is 2.49. The van der Waals surface area contributed by atoms with E-state index in [1.165, 1.54) is 12.1 Å². The molecule has 4 nitrogen and oxygen atoms in total. The molecule has 1 aliphatic rings. The van der Waals surface area contributed by atoms with Crippen molar-refractivity contribution in [3.8, 4) is 0 Å². The van der Waals surface area contributed by atoms with Gasteiger partial charge in [0, 0.05) is 12.6 Å². The van der Waals surface area contributed by atoms with E-state index in [-0.39, 0.29) is 17.3 Å². The summed E-state index contributed by atoms with van der Waals surface area (Å²) in [5, 5.41) is 12.5. The van der Waals surface area contributed by atoms with Crippen LogP contribution in [0, 0.1) is 5.82 Å². The lowest BCUT2D eigenvalue weighted by atomic mass is 10.2. The van der Waals surface area contributed by atoms with E-state index in [1.807, 2.05) is 0 Å². The summed E-state index contributed by atoms with van der Waals surface area (Å²) in [6.07, 6.45) is -0.881. The molecule has 1 aromatic rings. The predicted molar refractivity (Wildman–Crippen MR) is 61.7 cm³/mol. The topological polar surface area (TPSA) is 66.4 Å². The molecule has 2 rings (SSSR count). The Labute approximate surface area is 99.4 Å². The smallest absolute Gasteiger partial charge is 0.154 e. The molecule has 0 radical (unpaired) electrons. The summed E-state index contributed by atoms with van der Waals surface area (Å²) < 4.78 is 35.4. The van der Waals surface area contributed by atoms with Crippen molar-refractivity contribution < 1.29 is 17.9 Å². The van der Waals surface area contributed by atoms with Crippen LogP contribution in [0.5, 0.6) is 0 Å². The van der Waals surface area contributed by atoms with E-state index < -0.39 is 22.0 Å². The first kappa shape index (κ1) is 12.5. The Morgan fingerprint density at radius 3 is 2.76 bits per heavy atom. The largest absolute Gasteiger partial charge is 0.390 e. The van der Waals surface area contributed by atoms with Gasteiger partial charge in [0.25, 0.3) is 0 Å². The number of halogens is 1. The van der Waals surface area contributed by atoms with Crippen LogP contribution in [0.15, 0.2) is 24.3 Å². The van der Waals surface area contributed by atoms with Crippen LogP contribution in [0.2, 0.25) is 0 Å². The molecule has 17 heavy (non-hydrogen) atoms. The van der Waals surface area contributed by atoms with Gasteiger partial charge in [0.05, 0.1) is 17.6 Å². The van der Waals surface area contributed by atoms with Gasteiger partial charge in [-0.25, -0.2) is 12.8 Å². The van der Waals surface area contributed by atoms with Crippen molar-refractivity contribution in [1.82, 2.24) is 5.32 Å². The lowest BCUT2D eigenvalue weighted by Crippen LogP contribution is -2.38. The first-order valence-corrected chi connectivity index (χ1v) is 7.15. The van der Waals surface area contributed by atoms with Crippen LogP contribution in [0.1, 0.15) is 5.56 Å². The number of benzene rings is 1. The fraction of sp³-hybridized carbons (Fsp3) is 0.455. The first-order chi connectivity index (χ1) is 7.96. The Balaban J connectivity index is 1.95. The number of sulfone groups is 1. The number of aliphatic hydroxyl groups is 1. The monoisotopic (exact) mass is 259 g/mol. The maximum absolute atomic E-state index is 12.9. The number of aliphatic hydroxyl groups excluding tert-OH is 1. The lowest BCUT2D eigenvalue weighted by Gasteiger charge is -2.14. The van der Waals surface area contributed by atoms with E-state index in [2.05, 4.69) is 5.32 Å². The highest BCUT2D eigenvalue weighted by atomic mass is 32.2. The normalized spacial score (nSPS) is 27.2. The lowest BCUT2D eigenvalue weighted by molar-refractivity contribution is 0.165. The second-order valence-corrected chi connectivity index (χ2v) is 6.42. The molecule has 1 aromatic carbocycles. The van der Waals surface area contributed by atoms with Crippen LogP contribution in [0.25, 0.3) is 0 Å². The van der Waals surface area contributed by atoms with E-state index in [0.717, 1.165) is 5.56 Å².